The Bertz CT molecular complexity index is 565. The Kier molecular flexibility index (Phi) is 4.11. The van der Waals surface area contributed by atoms with E-state index in [0.29, 0.717) is 36.9 Å². The van der Waals surface area contributed by atoms with Gasteiger partial charge in [-0.05, 0) is 6.92 Å². The third kappa shape index (κ3) is 3.09. The second-order valence-electron chi connectivity index (χ2n) is 3.88. The molecule has 19 heavy (non-hydrogen) atoms. The normalized spacial score (nSPS) is 10.4. The van der Waals surface area contributed by atoms with Gasteiger partial charge in [-0.3, -0.25) is 4.79 Å². The summed E-state index contributed by atoms with van der Waals surface area (Å²) in [6.45, 7) is 3.03. The number of rotatable bonds is 6. The third-order valence-electron chi connectivity index (χ3n) is 2.53. The van der Waals surface area contributed by atoms with E-state index in [4.69, 9.17) is 0 Å². The van der Waals surface area contributed by atoms with Gasteiger partial charge in [-0.1, -0.05) is 0 Å². The lowest BCUT2D eigenvalue weighted by molar-refractivity contribution is -0.120. The van der Waals surface area contributed by atoms with Gasteiger partial charge < -0.3 is 20.9 Å². The van der Waals surface area contributed by atoms with Crippen LogP contribution in [0.5, 0.6) is 0 Å². The van der Waals surface area contributed by atoms with Gasteiger partial charge in [0, 0.05) is 26.6 Å². The molecule has 1 amide bonds. The molecular weight excluding hydrogens is 246 g/mol. The minimum absolute atomic E-state index is 0.0127. The number of imidazole rings is 1. The average molecular weight is 263 g/mol. The summed E-state index contributed by atoms with van der Waals surface area (Å²) in [7, 11) is 1.74. The number of nitrogens with zero attached hydrogens (tertiary/aromatic N) is 3. The molecule has 2 aromatic heterocycles. The van der Waals surface area contributed by atoms with Crippen molar-refractivity contribution in [2.75, 3.05) is 30.8 Å². The maximum absolute atomic E-state index is 11.4. The highest BCUT2D eigenvalue weighted by Gasteiger charge is 2.09. The van der Waals surface area contributed by atoms with E-state index in [1.165, 1.54) is 0 Å². The fourth-order valence-corrected chi connectivity index (χ4v) is 1.65. The highest BCUT2D eigenvalue weighted by Crippen LogP contribution is 2.17. The molecule has 0 spiro atoms. The fraction of sp³-hybridized carbons (Fsp3) is 0.455. The lowest BCUT2D eigenvalue weighted by Crippen LogP contribution is -2.25. The summed E-state index contributed by atoms with van der Waals surface area (Å²) in [5, 5.41) is 8.73. The number of nitrogens with one attached hydrogen (secondary N) is 4. The molecule has 8 nitrogen and oxygen atoms in total. The number of anilines is 2. The van der Waals surface area contributed by atoms with E-state index < -0.39 is 0 Å². The highest BCUT2D eigenvalue weighted by atomic mass is 16.1. The number of carbonyl (C=O) groups excluding carboxylic acids is 1. The highest BCUT2D eigenvalue weighted by molar-refractivity contribution is 5.84. The van der Waals surface area contributed by atoms with Crippen LogP contribution in [0.4, 0.5) is 11.8 Å². The van der Waals surface area contributed by atoms with Crippen molar-refractivity contribution in [3.63, 3.8) is 0 Å². The quantitative estimate of drug-likeness (QED) is 0.598. The van der Waals surface area contributed by atoms with Crippen molar-refractivity contribution in [1.29, 1.82) is 0 Å². The summed E-state index contributed by atoms with van der Waals surface area (Å²) in [5.41, 5.74) is 1.31. The third-order valence-corrected chi connectivity index (χ3v) is 2.53. The van der Waals surface area contributed by atoms with Gasteiger partial charge in [0.15, 0.2) is 11.5 Å². The zero-order valence-electron chi connectivity index (χ0n) is 10.9. The first-order valence-corrected chi connectivity index (χ1v) is 6.14. The van der Waals surface area contributed by atoms with Gasteiger partial charge in [0.1, 0.15) is 5.52 Å². The van der Waals surface area contributed by atoms with Gasteiger partial charge in [0.25, 0.3) is 0 Å². The van der Waals surface area contributed by atoms with Crippen LogP contribution in [0, 0.1) is 0 Å². The fourth-order valence-electron chi connectivity index (χ4n) is 1.65. The van der Waals surface area contributed by atoms with Gasteiger partial charge in [0.05, 0.1) is 6.33 Å². The summed E-state index contributed by atoms with van der Waals surface area (Å²) in [6.07, 6.45) is 1.95. The minimum atomic E-state index is 0.0127. The lowest BCUT2D eigenvalue weighted by Gasteiger charge is -2.07. The number of H-pyrrole nitrogens is 1. The van der Waals surface area contributed by atoms with Crippen LogP contribution in [0.2, 0.25) is 0 Å². The van der Waals surface area contributed by atoms with E-state index in [-0.39, 0.29) is 5.91 Å². The van der Waals surface area contributed by atoms with Crippen LogP contribution in [0.3, 0.4) is 0 Å². The number of fused-ring (bicyclic) bond motifs is 1. The van der Waals surface area contributed by atoms with Crippen molar-refractivity contribution in [2.24, 2.45) is 0 Å². The molecule has 0 aliphatic rings. The number of hydrogen-bond acceptors (Lipinski definition) is 6. The number of carbonyl (C=O) groups is 1. The number of hydrogen-bond donors (Lipinski definition) is 4. The summed E-state index contributed by atoms with van der Waals surface area (Å²) in [4.78, 5) is 26.9. The van der Waals surface area contributed by atoms with Crippen molar-refractivity contribution >= 4 is 28.8 Å². The van der Waals surface area contributed by atoms with Crippen LogP contribution < -0.4 is 16.0 Å². The average Bonchev–Trinajstić information content (AvgIpc) is 2.87. The van der Waals surface area contributed by atoms with Gasteiger partial charge in [0.2, 0.25) is 11.9 Å². The van der Waals surface area contributed by atoms with E-state index >= 15 is 0 Å². The van der Waals surface area contributed by atoms with E-state index in [0.717, 1.165) is 5.52 Å². The standard InChI is InChI=1S/C11H17N7O/c1-3-13-7(19)4-5-14-9-8-10(16-6-15-8)18-11(12-2)17-9/h6H,3-5H2,1-2H3,(H,13,19)(H3,12,14,15,16,17,18). The Morgan fingerprint density at radius 2 is 2.26 bits per heavy atom. The van der Waals surface area contributed by atoms with Crippen LogP contribution in [-0.2, 0) is 4.79 Å². The van der Waals surface area contributed by atoms with Gasteiger partial charge in [-0.15, -0.1) is 0 Å². The van der Waals surface area contributed by atoms with Crippen LogP contribution in [0.25, 0.3) is 11.2 Å². The molecule has 8 heteroatoms. The maximum Gasteiger partial charge on any atom is 0.226 e. The number of amides is 1. The molecule has 2 rings (SSSR count). The largest absolute Gasteiger partial charge is 0.368 e. The molecule has 4 N–H and O–H groups in total. The Morgan fingerprint density at radius 1 is 1.42 bits per heavy atom. The number of aromatic amines is 1. The first-order chi connectivity index (χ1) is 9.24. The molecule has 0 aliphatic carbocycles. The number of aromatic nitrogens is 4. The van der Waals surface area contributed by atoms with Gasteiger partial charge in [-0.25, -0.2) is 4.98 Å². The molecule has 2 aromatic rings. The summed E-state index contributed by atoms with van der Waals surface area (Å²) in [6, 6.07) is 0. The predicted molar refractivity (Wildman–Crippen MR) is 73.0 cm³/mol. The van der Waals surface area contributed by atoms with Crippen LogP contribution >= 0.6 is 0 Å². The van der Waals surface area contributed by atoms with Crippen molar-refractivity contribution in [1.82, 2.24) is 25.3 Å². The Balaban J connectivity index is 2.07. The lowest BCUT2D eigenvalue weighted by atomic mass is 10.4. The van der Waals surface area contributed by atoms with E-state index in [1.807, 2.05) is 6.92 Å². The predicted octanol–water partition coefficient (Wildman–Crippen LogP) is 0.333. The molecule has 0 bridgehead atoms. The van der Waals surface area contributed by atoms with Crippen LogP contribution in [-0.4, -0.2) is 46.0 Å². The molecule has 0 aromatic carbocycles. The van der Waals surface area contributed by atoms with E-state index in [1.54, 1.807) is 13.4 Å². The Labute approximate surface area is 110 Å². The van der Waals surface area contributed by atoms with Crippen molar-refractivity contribution in [2.45, 2.75) is 13.3 Å². The van der Waals surface area contributed by atoms with E-state index in [9.17, 15) is 4.79 Å². The molecule has 2 heterocycles. The first-order valence-electron chi connectivity index (χ1n) is 6.14. The molecule has 0 aliphatic heterocycles. The molecule has 0 atom stereocenters. The Hall–Kier alpha value is -2.38. The maximum atomic E-state index is 11.4. The van der Waals surface area contributed by atoms with Gasteiger partial charge in [-0.2, -0.15) is 9.97 Å². The van der Waals surface area contributed by atoms with Crippen molar-refractivity contribution in [3.05, 3.63) is 6.33 Å². The second-order valence-corrected chi connectivity index (χ2v) is 3.88. The molecule has 0 radical (unpaired) electrons. The SMILES string of the molecule is CCNC(=O)CCNc1nc(NC)nc2nc[nH]c12. The van der Waals surface area contributed by atoms with Crippen LogP contribution in [0.15, 0.2) is 6.33 Å². The molecule has 0 saturated carbocycles. The summed E-state index contributed by atoms with van der Waals surface area (Å²) in [5.74, 6) is 1.13. The molecule has 0 fully saturated rings. The minimum Gasteiger partial charge on any atom is -0.368 e. The van der Waals surface area contributed by atoms with Gasteiger partial charge >= 0.3 is 0 Å². The summed E-state index contributed by atoms with van der Waals surface area (Å²) < 4.78 is 0. The van der Waals surface area contributed by atoms with E-state index in [2.05, 4.69) is 35.9 Å². The molecular formula is C11H17N7O. The first kappa shape index (κ1) is 13.1. The zero-order valence-corrected chi connectivity index (χ0v) is 10.9. The topological polar surface area (TPSA) is 108 Å². The monoisotopic (exact) mass is 263 g/mol. The van der Waals surface area contributed by atoms with Crippen LogP contribution in [0.1, 0.15) is 13.3 Å². The molecule has 0 unspecified atom stereocenters. The second kappa shape index (κ2) is 5.98. The summed E-state index contributed by atoms with van der Waals surface area (Å²) >= 11 is 0. The molecule has 0 saturated heterocycles. The zero-order chi connectivity index (χ0) is 13.7. The Morgan fingerprint density at radius 3 is 3.00 bits per heavy atom. The molecule has 102 valence electrons. The van der Waals surface area contributed by atoms with Crippen molar-refractivity contribution < 1.29 is 4.79 Å². The smallest absolute Gasteiger partial charge is 0.226 e. The van der Waals surface area contributed by atoms with Crippen molar-refractivity contribution in [3.8, 4) is 0 Å².